The minimum absolute atomic E-state index is 0.0285. The second kappa shape index (κ2) is 7.39. The van der Waals surface area contributed by atoms with E-state index in [1.165, 1.54) is 18.4 Å². The summed E-state index contributed by atoms with van der Waals surface area (Å²) in [5, 5.41) is 6.20. The molecule has 0 aliphatic carbocycles. The van der Waals surface area contributed by atoms with Gasteiger partial charge in [0.15, 0.2) is 0 Å². The standard InChI is InChI=1S/C12H23N5O2S/c1-5-6-13-11-9-12(16-10(2)15-11)14-7-8-20(18,19)17(3)4/h9H,5-8H2,1-4H3,(H2,13,14,15,16). The van der Waals surface area contributed by atoms with Gasteiger partial charge in [-0.25, -0.2) is 22.7 Å². The van der Waals surface area contributed by atoms with Crippen LogP contribution in [0.5, 0.6) is 0 Å². The lowest BCUT2D eigenvalue weighted by atomic mass is 10.4. The van der Waals surface area contributed by atoms with Gasteiger partial charge >= 0.3 is 0 Å². The van der Waals surface area contributed by atoms with Gasteiger partial charge in [0.1, 0.15) is 17.5 Å². The highest BCUT2D eigenvalue weighted by molar-refractivity contribution is 7.89. The monoisotopic (exact) mass is 301 g/mol. The molecular weight excluding hydrogens is 278 g/mol. The number of hydrogen-bond donors (Lipinski definition) is 2. The van der Waals surface area contributed by atoms with Crippen LogP contribution >= 0.6 is 0 Å². The lowest BCUT2D eigenvalue weighted by molar-refractivity contribution is 0.521. The Morgan fingerprint density at radius 2 is 1.70 bits per heavy atom. The van der Waals surface area contributed by atoms with Gasteiger partial charge in [-0.2, -0.15) is 0 Å². The molecule has 1 aromatic rings. The van der Waals surface area contributed by atoms with Crippen molar-refractivity contribution in [2.75, 3.05) is 43.6 Å². The van der Waals surface area contributed by atoms with E-state index in [2.05, 4.69) is 27.5 Å². The van der Waals surface area contributed by atoms with Crippen molar-refractivity contribution in [3.8, 4) is 0 Å². The second-order valence-corrected chi connectivity index (χ2v) is 6.94. The Labute approximate surface area is 120 Å². The molecule has 0 atom stereocenters. The first kappa shape index (κ1) is 16.6. The van der Waals surface area contributed by atoms with Crippen molar-refractivity contribution >= 4 is 21.7 Å². The Kier molecular flexibility index (Phi) is 6.15. The number of rotatable bonds is 8. The number of sulfonamides is 1. The zero-order chi connectivity index (χ0) is 15.2. The first-order valence-corrected chi connectivity index (χ1v) is 8.19. The third-order valence-corrected chi connectivity index (χ3v) is 4.45. The van der Waals surface area contributed by atoms with E-state index in [9.17, 15) is 8.42 Å². The molecular formula is C12H23N5O2S. The third-order valence-electron chi connectivity index (χ3n) is 2.62. The van der Waals surface area contributed by atoms with E-state index in [-0.39, 0.29) is 5.75 Å². The summed E-state index contributed by atoms with van der Waals surface area (Å²) in [4.78, 5) is 8.50. The molecule has 1 heterocycles. The van der Waals surface area contributed by atoms with Crippen molar-refractivity contribution in [3.05, 3.63) is 11.9 Å². The van der Waals surface area contributed by atoms with E-state index in [1.54, 1.807) is 13.0 Å². The lowest BCUT2D eigenvalue weighted by Crippen LogP contribution is -2.28. The zero-order valence-electron chi connectivity index (χ0n) is 12.5. The molecule has 0 aliphatic heterocycles. The van der Waals surface area contributed by atoms with Gasteiger partial charge in [0, 0.05) is 33.3 Å². The van der Waals surface area contributed by atoms with E-state index in [1.807, 2.05) is 0 Å². The normalized spacial score (nSPS) is 11.7. The van der Waals surface area contributed by atoms with Crippen molar-refractivity contribution < 1.29 is 8.42 Å². The Morgan fingerprint density at radius 1 is 1.15 bits per heavy atom. The number of hydrogen-bond acceptors (Lipinski definition) is 6. The largest absolute Gasteiger partial charge is 0.370 e. The van der Waals surface area contributed by atoms with E-state index < -0.39 is 10.0 Å². The number of anilines is 2. The predicted molar refractivity (Wildman–Crippen MR) is 81.5 cm³/mol. The molecule has 0 amide bonds. The molecule has 20 heavy (non-hydrogen) atoms. The molecule has 0 unspecified atom stereocenters. The maximum atomic E-state index is 11.6. The number of nitrogens with zero attached hydrogens (tertiary/aromatic N) is 3. The minimum Gasteiger partial charge on any atom is -0.370 e. The van der Waals surface area contributed by atoms with Crippen LogP contribution in [-0.4, -0.2) is 55.6 Å². The lowest BCUT2D eigenvalue weighted by Gasteiger charge is -2.12. The average molecular weight is 301 g/mol. The van der Waals surface area contributed by atoms with E-state index in [0.717, 1.165) is 18.8 Å². The minimum atomic E-state index is -3.19. The van der Waals surface area contributed by atoms with Gasteiger partial charge in [-0.1, -0.05) is 6.92 Å². The predicted octanol–water partition coefficient (Wildman–Crippen LogP) is 0.910. The fraction of sp³-hybridized carbons (Fsp3) is 0.667. The van der Waals surface area contributed by atoms with Gasteiger partial charge in [0.2, 0.25) is 10.0 Å². The fourth-order valence-corrected chi connectivity index (χ4v) is 2.22. The van der Waals surface area contributed by atoms with Crippen molar-refractivity contribution in [1.29, 1.82) is 0 Å². The van der Waals surface area contributed by atoms with Crippen LogP contribution in [0.3, 0.4) is 0 Å². The molecule has 0 aliphatic rings. The van der Waals surface area contributed by atoms with E-state index in [4.69, 9.17) is 0 Å². The first-order valence-electron chi connectivity index (χ1n) is 6.59. The Hall–Kier alpha value is -1.41. The van der Waals surface area contributed by atoms with Crippen LogP contribution in [-0.2, 0) is 10.0 Å². The second-order valence-electron chi connectivity index (χ2n) is 4.64. The van der Waals surface area contributed by atoms with Crippen LogP contribution in [0.2, 0.25) is 0 Å². The van der Waals surface area contributed by atoms with Gasteiger partial charge in [0.25, 0.3) is 0 Å². The van der Waals surface area contributed by atoms with Gasteiger partial charge < -0.3 is 10.6 Å². The van der Waals surface area contributed by atoms with Crippen LogP contribution in [0.15, 0.2) is 6.07 Å². The summed E-state index contributed by atoms with van der Waals surface area (Å²) >= 11 is 0. The van der Waals surface area contributed by atoms with E-state index in [0.29, 0.717) is 18.2 Å². The number of aromatic nitrogens is 2. The Morgan fingerprint density at radius 3 is 2.20 bits per heavy atom. The smallest absolute Gasteiger partial charge is 0.215 e. The maximum absolute atomic E-state index is 11.6. The van der Waals surface area contributed by atoms with E-state index >= 15 is 0 Å². The highest BCUT2D eigenvalue weighted by atomic mass is 32.2. The van der Waals surface area contributed by atoms with Gasteiger partial charge in [-0.05, 0) is 13.3 Å². The van der Waals surface area contributed by atoms with Crippen LogP contribution in [0.4, 0.5) is 11.6 Å². The summed E-state index contributed by atoms with van der Waals surface area (Å²) in [7, 11) is -0.141. The van der Waals surface area contributed by atoms with Gasteiger partial charge in [0.05, 0.1) is 5.75 Å². The molecule has 0 radical (unpaired) electrons. The fourth-order valence-electron chi connectivity index (χ4n) is 1.49. The molecule has 0 saturated heterocycles. The Balaban J connectivity index is 2.62. The summed E-state index contributed by atoms with van der Waals surface area (Å²) in [6.45, 7) is 5.03. The third kappa shape index (κ3) is 5.30. The van der Waals surface area contributed by atoms with Crippen LogP contribution in [0.1, 0.15) is 19.2 Å². The molecule has 1 aromatic heterocycles. The SMILES string of the molecule is CCCNc1cc(NCCS(=O)(=O)N(C)C)nc(C)n1. The van der Waals surface area contributed by atoms with Gasteiger partial charge in [-0.15, -0.1) is 0 Å². The molecule has 1 rings (SSSR count). The Bertz CT molecular complexity index is 531. The molecule has 2 N–H and O–H groups in total. The van der Waals surface area contributed by atoms with Crippen molar-refractivity contribution in [3.63, 3.8) is 0 Å². The average Bonchev–Trinajstić information content (AvgIpc) is 2.35. The van der Waals surface area contributed by atoms with Crippen molar-refractivity contribution in [1.82, 2.24) is 14.3 Å². The van der Waals surface area contributed by atoms with Crippen LogP contribution in [0.25, 0.3) is 0 Å². The van der Waals surface area contributed by atoms with Crippen molar-refractivity contribution in [2.24, 2.45) is 0 Å². The summed E-state index contributed by atoms with van der Waals surface area (Å²) in [5.74, 6) is 2.05. The van der Waals surface area contributed by atoms with Crippen LogP contribution < -0.4 is 10.6 Å². The summed E-state index contributed by atoms with van der Waals surface area (Å²) in [6, 6.07) is 1.78. The molecule has 0 spiro atoms. The first-order chi connectivity index (χ1) is 9.35. The summed E-state index contributed by atoms with van der Waals surface area (Å²) < 4.78 is 24.5. The molecule has 0 aromatic carbocycles. The topological polar surface area (TPSA) is 87.2 Å². The molecule has 8 heteroatoms. The number of aryl methyl sites for hydroxylation is 1. The highest BCUT2D eigenvalue weighted by Gasteiger charge is 2.12. The number of nitrogens with one attached hydrogen (secondary N) is 2. The van der Waals surface area contributed by atoms with Crippen LogP contribution in [0, 0.1) is 6.92 Å². The molecule has 0 saturated carbocycles. The molecule has 7 nitrogen and oxygen atoms in total. The molecule has 0 bridgehead atoms. The highest BCUT2D eigenvalue weighted by Crippen LogP contribution is 2.11. The molecule has 0 fully saturated rings. The maximum Gasteiger partial charge on any atom is 0.215 e. The van der Waals surface area contributed by atoms with Crippen molar-refractivity contribution in [2.45, 2.75) is 20.3 Å². The zero-order valence-corrected chi connectivity index (χ0v) is 13.3. The molecule has 114 valence electrons. The summed E-state index contributed by atoms with van der Waals surface area (Å²) in [5.41, 5.74) is 0. The quantitative estimate of drug-likeness (QED) is 0.742. The summed E-state index contributed by atoms with van der Waals surface area (Å²) in [6.07, 6.45) is 1.01. The van der Waals surface area contributed by atoms with Gasteiger partial charge in [-0.3, -0.25) is 0 Å².